The Balaban J connectivity index is 1.16. The maximum atomic E-state index is 12.6. The van der Waals surface area contributed by atoms with Crippen LogP contribution in [0.2, 0.25) is 0 Å². The minimum atomic E-state index is -0.0254. The van der Waals surface area contributed by atoms with Crippen molar-refractivity contribution in [2.75, 3.05) is 39.9 Å². The topological polar surface area (TPSA) is 77.7 Å². The lowest BCUT2D eigenvalue weighted by Gasteiger charge is -2.34. The monoisotopic (exact) mass is 496 g/mol. The van der Waals surface area contributed by atoms with Crippen molar-refractivity contribution in [2.45, 2.75) is 70.5 Å². The molecule has 1 amide bonds. The number of benzene rings is 1. The number of aliphatic imine (C=N–C) groups is 2. The standard InChI is InChI=1S/C29H44N4O3/c1-3-22-19-30-29(31-20-22)33-16-13-23(14-17-33)21-36-27-11-9-25(10-12-27)24-5-7-26(8-6-24)28(35)32(2)15-4-18-34/h9-12,19-20,22-24,26,29,34H,3-8,13-18,21H2,1-2H3. The molecule has 0 atom stereocenters. The van der Waals surface area contributed by atoms with E-state index in [2.05, 4.69) is 58.5 Å². The van der Waals surface area contributed by atoms with Crippen molar-refractivity contribution in [3.8, 4) is 5.75 Å². The van der Waals surface area contributed by atoms with E-state index in [0.29, 0.717) is 30.7 Å². The van der Waals surface area contributed by atoms with E-state index < -0.39 is 0 Å². The predicted molar refractivity (Wildman–Crippen MR) is 145 cm³/mol. The molecule has 7 nitrogen and oxygen atoms in total. The lowest BCUT2D eigenvalue weighted by atomic mass is 9.78. The number of piperidine rings is 1. The van der Waals surface area contributed by atoms with Crippen LogP contribution >= 0.6 is 0 Å². The van der Waals surface area contributed by atoms with Gasteiger partial charge in [0.05, 0.1) is 6.61 Å². The molecular formula is C29H44N4O3. The molecule has 1 saturated carbocycles. The zero-order valence-corrected chi connectivity index (χ0v) is 22.1. The molecule has 2 fully saturated rings. The quantitative estimate of drug-likeness (QED) is 0.522. The second-order valence-electron chi connectivity index (χ2n) is 10.8. The van der Waals surface area contributed by atoms with Crippen LogP contribution in [0, 0.1) is 17.8 Å². The number of likely N-dealkylation sites (tertiary alicyclic amines) is 1. The highest BCUT2D eigenvalue weighted by Crippen LogP contribution is 2.37. The first-order chi connectivity index (χ1) is 17.6. The number of nitrogens with zero attached hydrogens (tertiary/aromatic N) is 4. The maximum absolute atomic E-state index is 12.6. The number of rotatable bonds is 10. The zero-order valence-electron chi connectivity index (χ0n) is 22.1. The lowest BCUT2D eigenvalue weighted by molar-refractivity contribution is -0.135. The van der Waals surface area contributed by atoms with Crippen LogP contribution in [0.3, 0.4) is 0 Å². The molecule has 2 aliphatic heterocycles. The summed E-state index contributed by atoms with van der Waals surface area (Å²) in [5, 5.41) is 9.00. The fraction of sp³-hybridized carbons (Fsp3) is 0.690. The van der Waals surface area contributed by atoms with E-state index in [1.165, 1.54) is 5.56 Å². The fourth-order valence-electron chi connectivity index (χ4n) is 5.66. The number of hydrogen-bond acceptors (Lipinski definition) is 6. The molecule has 4 rings (SSSR count). The average Bonchev–Trinajstić information content (AvgIpc) is 2.95. The number of carbonyl (C=O) groups is 1. The normalized spacial score (nSPS) is 27.2. The molecule has 1 aromatic rings. The molecule has 0 unspecified atom stereocenters. The van der Waals surface area contributed by atoms with Gasteiger partial charge in [0.15, 0.2) is 6.29 Å². The Morgan fingerprint density at radius 2 is 1.72 bits per heavy atom. The van der Waals surface area contributed by atoms with E-state index in [9.17, 15) is 4.79 Å². The van der Waals surface area contributed by atoms with Crippen LogP contribution in [-0.4, -0.2) is 79.4 Å². The zero-order chi connectivity index (χ0) is 25.3. The van der Waals surface area contributed by atoms with Gasteiger partial charge in [-0.15, -0.1) is 0 Å². The Kier molecular flexibility index (Phi) is 9.93. The smallest absolute Gasteiger partial charge is 0.225 e. The van der Waals surface area contributed by atoms with E-state index >= 15 is 0 Å². The van der Waals surface area contributed by atoms with Crippen LogP contribution in [0.1, 0.15) is 69.8 Å². The van der Waals surface area contributed by atoms with E-state index in [-0.39, 0.29) is 24.7 Å². The summed E-state index contributed by atoms with van der Waals surface area (Å²) in [4.78, 5) is 26.1. The van der Waals surface area contributed by atoms with Crippen molar-refractivity contribution in [3.05, 3.63) is 29.8 Å². The number of aliphatic hydroxyl groups is 1. The summed E-state index contributed by atoms with van der Waals surface area (Å²) in [6.07, 6.45) is 12.0. The highest BCUT2D eigenvalue weighted by molar-refractivity contribution is 5.84. The second-order valence-corrected chi connectivity index (χ2v) is 10.8. The number of ether oxygens (including phenoxy) is 1. The van der Waals surface area contributed by atoms with E-state index in [4.69, 9.17) is 9.84 Å². The highest BCUT2D eigenvalue weighted by atomic mass is 16.5. The van der Waals surface area contributed by atoms with Gasteiger partial charge in [-0.2, -0.15) is 0 Å². The molecule has 198 valence electrons. The summed E-state index contributed by atoms with van der Waals surface area (Å²) < 4.78 is 6.16. The molecule has 1 aromatic carbocycles. The van der Waals surface area contributed by atoms with Crippen molar-refractivity contribution < 1.29 is 14.6 Å². The number of hydrogen-bond donors (Lipinski definition) is 1. The summed E-state index contributed by atoms with van der Waals surface area (Å²) in [5.41, 5.74) is 1.36. The van der Waals surface area contributed by atoms with Gasteiger partial charge in [0.1, 0.15) is 5.75 Å². The van der Waals surface area contributed by atoms with Crippen LogP contribution < -0.4 is 4.74 Å². The van der Waals surface area contributed by atoms with Crippen LogP contribution in [0.4, 0.5) is 0 Å². The molecule has 1 saturated heterocycles. The summed E-state index contributed by atoms with van der Waals surface area (Å²) in [7, 11) is 1.85. The third-order valence-corrected chi connectivity index (χ3v) is 8.21. The number of carbonyl (C=O) groups excluding carboxylic acids is 1. The molecule has 0 bridgehead atoms. The first-order valence-corrected chi connectivity index (χ1v) is 14.0. The Morgan fingerprint density at radius 3 is 2.33 bits per heavy atom. The largest absolute Gasteiger partial charge is 0.493 e. The molecule has 0 spiro atoms. The van der Waals surface area contributed by atoms with Gasteiger partial charge < -0.3 is 14.7 Å². The summed E-state index contributed by atoms with van der Waals surface area (Å²) >= 11 is 0. The molecule has 1 N–H and O–H groups in total. The van der Waals surface area contributed by atoms with Gasteiger partial charge in [0.2, 0.25) is 5.91 Å². The first kappa shape index (κ1) is 26.8. The Morgan fingerprint density at radius 1 is 1.06 bits per heavy atom. The van der Waals surface area contributed by atoms with E-state index in [0.717, 1.165) is 70.4 Å². The highest BCUT2D eigenvalue weighted by Gasteiger charge is 2.29. The molecule has 3 aliphatic rings. The Bertz CT molecular complexity index is 857. The lowest BCUT2D eigenvalue weighted by Crippen LogP contribution is -2.42. The second kappa shape index (κ2) is 13.3. The number of aliphatic hydroxyl groups excluding tert-OH is 1. The molecule has 0 aromatic heterocycles. The first-order valence-electron chi connectivity index (χ1n) is 14.0. The van der Waals surface area contributed by atoms with Gasteiger partial charge in [-0.1, -0.05) is 19.1 Å². The Labute approximate surface area is 216 Å². The van der Waals surface area contributed by atoms with Gasteiger partial charge in [-0.25, -0.2) is 0 Å². The van der Waals surface area contributed by atoms with Crippen LogP contribution in [-0.2, 0) is 4.79 Å². The molecular weight excluding hydrogens is 452 g/mol. The minimum absolute atomic E-state index is 0.0254. The number of amides is 1. The van der Waals surface area contributed by atoms with Gasteiger partial charge in [0, 0.05) is 57.6 Å². The predicted octanol–water partition coefficient (Wildman–Crippen LogP) is 4.36. The SMILES string of the molecule is CCC1C=NC(N2CCC(COc3ccc(C4CCC(C(=O)N(C)CCCO)CC4)cc3)CC2)N=C1. The third kappa shape index (κ3) is 7.16. The Hall–Kier alpha value is -2.25. The fourth-order valence-corrected chi connectivity index (χ4v) is 5.66. The van der Waals surface area contributed by atoms with Crippen molar-refractivity contribution in [3.63, 3.8) is 0 Å². The molecule has 1 aliphatic carbocycles. The van der Waals surface area contributed by atoms with Crippen molar-refractivity contribution >= 4 is 18.3 Å². The van der Waals surface area contributed by atoms with E-state index in [1.807, 2.05) is 7.05 Å². The molecule has 0 radical (unpaired) electrons. The average molecular weight is 497 g/mol. The third-order valence-electron chi connectivity index (χ3n) is 8.21. The summed E-state index contributed by atoms with van der Waals surface area (Å²) in [6.45, 7) is 5.74. The molecule has 36 heavy (non-hydrogen) atoms. The van der Waals surface area contributed by atoms with Gasteiger partial charge in [-0.3, -0.25) is 19.7 Å². The minimum Gasteiger partial charge on any atom is -0.493 e. The summed E-state index contributed by atoms with van der Waals surface area (Å²) in [6, 6.07) is 8.64. The van der Waals surface area contributed by atoms with Crippen LogP contribution in [0.5, 0.6) is 5.75 Å². The van der Waals surface area contributed by atoms with Crippen molar-refractivity contribution in [1.29, 1.82) is 0 Å². The summed E-state index contributed by atoms with van der Waals surface area (Å²) in [5.74, 6) is 2.80. The van der Waals surface area contributed by atoms with Gasteiger partial charge in [-0.05, 0) is 80.9 Å². The molecule has 7 heteroatoms. The van der Waals surface area contributed by atoms with Crippen LogP contribution in [0.25, 0.3) is 0 Å². The van der Waals surface area contributed by atoms with Crippen molar-refractivity contribution in [2.24, 2.45) is 27.7 Å². The van der Waals surface area contributed by atoms with Crippen molar-refractivity contribution in [1.82, 2.24) is 9.80 Å². The van der Waals surface area contributed by atoms with E-state index in [1.54, 1.807) is 4.90 Å². The maximum Gasteiger partial charge on any atom is 0.225 e. The van der Waals surface area contributed by atoms with Gasteiger partial charge in [0.25, 0.3) is 0 Å². The molecule has 2 heterocycles. The van der Waals surface area contributed by atoms with Gasteiger partial charge >= 0.3 is 0 Å². The van der Waals surface area contributed by atoms with Crippen LogP contribution in [0.15, 0.2) is 34.3 Å².